The number of aromatic nitrogens is 2. The van der Waals surface area contributed by atoms with Crippen molar-refractivity contribution >= 4 is 11.9 Å². The van der Waals surface area contributed by atoms with Crippen molar-refractivity contribution in [2.45, 2.75) is 239 Å². The summed E-state index contributed by atoms with van der Waals surface area (Å²) in [5, 5.41) is 0. The first-order chi connectivity index (χ1) is 28.1. The van der Waals surface area contributed by atoms with Gasteiger partial charge in [-0.25, -0.2) is 9.13 Å². The molecule has 0 amide bonds. The zero-order chi connectivity index (χ0) is 40.7. The second kappa shape index (κ2) is 42.9. The molecule has 0 saturated carbocycles. The van der Waals surface area contributed by atoms with Crippen LogP contribution in [0.5, 0.6) is 0 Å². The lowest BCUT2D eigenvalue weighted by molar-refractivity contribution is -0.698. The highest BCUT2D eigenvalue weighted by Crippen LogP contribution is 2.15. The number of hydrogen-bond donors (Lipinski definition) is 0. The molecule has 0 atom stereocenters. The summed E-state index contributed by atoms with van der Waals surface area (Å²) in [5.41, 5.74) is 2.64. The van der Waals surface area contributed by atoms with Crippen LogP contribution in [0.3, 0.4) is 0 Å². The number of ether oxygens (including phenoxy) is 2. The van der Waals surface area contributed by atoms with Gasteiger partial charge in [0.1, 0.15) is 0 Å². The highest BCUT2D eigenvalue weighted by atomic mass is 79.9. The SMILES string of the molecule is CCCCCCCCCCCCCCCCC(=O)OCC[n+]1ccc(CCCc2cc[n+](CCOC(=O)CCCCCCCCCCCCCCCC)cc2)cc1.[Br-].[Br-]. The van der Waals surface area contributed by atoms with E-state index < -0.39 is 0 Å². The molecule has 59 heavy (non-hydrogen) atoms. The maximum absolute atomic E-state index is 12.2. The summed E-state index contributed by atoms with van der Waals surface area (Å²) >= 11 is 0. The second-order valence-electron chi connectivity index (χ2n) is 16.9. The van der Waals surface area contributed by atoms with Crippen LogP contribution in [0.15, 0.2) is 49.1 Å². The average molecular weight is 953 g/mol. The first-order valence-corrected chi connectivity index (χ1v) is 24.4. The summed E-state index contributed by atoms with van der Waals surface area (Å²) in [6.45, 7) is 6.79. The fraction of sp³-hybridized carbons (Fsp3) is 0.765. The van der Waals surface area contributed by atoms with Gasteiger partial charge in [0, 0.05) is 37.1 Å². The minimum absolute atomic E-state index is 0. The molecule has 0 aliphatic rings. The number of carbonyl (C=O) groups excluding carboxylic acids is 2. The maximum atomic E-state index is 12.2. The number of nitrogens with zero attached hydrogens (tertiary/aromatic N) is 2. The lowest BCUT2D eigenvalue weighted by Crippen LogP contribution is -3.00. The van der Waals surface area contributed by atoms with E-state index in [1.165, 1.54) is 165 Å². The largest absolute Gasteiger partial charge is 1.00 e. The van der Waals surface area contributed by atoms with Crippen LogP contribution in [0.2, 0.25) is 0 Å². The molecule has 0 aliphatic heterocycles. The van der Waals surface area contributed by atoms with Crippen LogP contribution in [-0.2, 0) is 45.0 Å². The molecule has 2 rings (SSSR count). The van der Waals surface area contributed by atoms with Crippen molar-refractivity contribution in [1.82, 2.24) is 0 Å². The average Bonchev–Trinajstić information content (AvgIpc) is 3.22. The fourth-order valence-corrected chi connectivity index (χ4v) is 7.71. The van der Waals surface area contributed by atoms with Gasteiger partial charge in [0.05, 0.1) is 0 Å². The van der Waals surface area contributed by atoms with Gasteiger partial charge in [0.25, 0.3) is 0 Å². The lowest BCUT2D eigenvalue weighted by atomic mass is 10.0. The standard InChI is InChI=1S/C51H88N2O4.2BrH/c1-3-5-7-9-11-13-15-17-19-21-23-25-27-29-34-50(54)56-46-44-52-40-36-48(37-41-52)32-31-33-49-38-42-53(43-39-49)45-47-57-51(55)35-30-28-26-24-22-20-18-16-14-12-10-8-6-4-2;;/h36-43H,3-35,44-47H2,1-2H3;2*1H/q+2;;/p-2. The molecule has 8 heteroatoms. The van der Waals surface area contributed by atoms with Gasteiger partial charge in [-0.2, -0.15) is 0 Å². The van der Waals surface area contributed by atoms with Gasteiger partial charge < -0.3 is 43.4 Å². The second-order valence-corrected chi connectivity index (χ2v) is 16.9. The van der Waals surface area contributed by atoms with Gasteiger partial charge >= 0.3 is 11.9 Å². The van der Waals surface area contributed by atoms with E-state index >= 15 is 0 Å². The number of rotatable bonds is 40. The Bertz CT molecular complexity index is 1120. The third kappa shape index (κ3) is 35.5. The van der Waals surface area contributed by atoms with E-state index in [4.69, 9.17) is 9.47 Å². The number of hydrogen-bond acceptors (Lipinski definition) is 4. The first-order valence-electron chi connectivity index (χ1n) is 24.4. The van der Waals surface area contributed by atoms with Gasteiger partial charge in [0.2, 0.25) is 0 Å². The van der Waals surface area contributed by atoms with Crippen molar-refractivity contribution < 1.29 is 62.2 Å². The van der Waals surface area contributed by atoms with Gasteiger partial charge in [-0.3, -0.25) is 9.59 Å². The molecule has 6 nitrogen and oxygen atoms in total. The molecule has 0 aliphatic carbocycles. The van der Waals surface area contributed by atoms with Crippen molar-refractivity contribution in [3.8, 4) is 0 Å². The van der Waals surface area contributed by atoms with Crippen LogP contribution in [-0.4, -0.2) is 25.2 Å². The minimum atomic E-state index is -0.0633. The molecule has 0 N–H and O–H groups in total. The molecule has 0 saturated heterocycles. The molecule has 340 valence electrons. The van der Waals surface area contributed by atoms with Gasteiger partial charge in [-0.05, 0) is 43.2 Å². The highest BCUT2D eigenvalue weighted by molar-refractivity contribution is 5.69. The number of carbonyl (C=O) groups is 2. The Morgan fingerprint density at radius 2 is 0.644 bits per heavy atom. The van der Waals surface area contributed by atoms with Crippen LogP contribution >= 0.6 is 0 Å². The molecular weight excluding hydrogens is 864 g/mol. The van der Waals surface area contributed by atoms with E-state index in [0.717, 1.165) is 44.9 Å². The number of aryl methyl sites for hydroxylation is 2. The molecule has 0 fully saturated rings. The molecule has 2 aromatic rings. The topological polar surface area (TPSA) is 60.4 Å². The number of halogens is 2. The van der Waals surface area contributed by atoms with Gasteiger partial charge in [-0.15, -0.1) is 0 Å². The Morgan fingerprint density at radius 3 is 0.915 bits per heavy atom. The molecule has 0 radical (unpaired) electrons. The summed E-state index contributed by atoms with van der Waals surface area (Å²) in [7, 11) is 0. The molecule has 0 unspecified atom stereocenters. The van der Waals surface area contributed by atoms with E-state index in [-0.39, 0.29) is 45.9 Å². The smallest absolute Gasteiger partial charge is 0.306 e. The van der Waals surface area contributed by atoms with Crippen LogP contribution < -0.4 is 43.1 Å². The third-order valence-electron chi connectivity index (χ3n) is 11.5. The predicted molar refractivity (Wildman–Crippen MR) is 237 cm³/mol. The first kappa shape index (κ1) is 57.2. The highest BCUT2D eigenvalue weighted by Gasteiger charge is 2.09. The molecular formula is C51H88Br2N2O4. The van der Waals surface area contributed by atoms with Crippen LogP contribution in [0.1, 0.15) is 224 Å². The normalized spacial score (nSPS) is 10.9. The van der Waals surface area contributed by atoms with E-state index in [0.29, 0.717) is 39.1 Å². The zero-order valence-corrected chi connectivity index (χ0v) is 41.2. The molecule has 2 heterocycles. The Hall–Kier alpha value is -1.80. The van der Waals surface area contributed by atoms with Crippen molar-refractivity contribution in [3.05, 3.63) is 60.2 Å². The quantitative estimate of drug-likeness (QED) is 0.0401. The van der Waals surface area contributed by atoms with E-state index in [1.807, 2.05) is 0 Å². The molecule has 0 spiro atoms. The van der Waals surface area contributed by atoms with Crippen molar-refractivity contribution in [2.24, 2.45) is 0 Å². The maximum Gasteiger partial charge on any atom is 0.306 e. The van der Waals surface area contributed by atoms with Gasteiger partial charge in [-0.1, -0.05) is 181 Å². The predicted octanol–water partition coefficient (Wildman–Crippen LogP) is 7.27. The summed E-state index contributed by atoms with van der Waals surface area (Å²) in [6.07, 6.45) is 49.6. The Labute approximate surface area is 384 Å². The number of esters is 2. The zero-order valence-electron chi connectivity index (χ0n) is 38.1. The Morgan fingerprint density at radius 1 is 0.390 bits per heavy atom. The fourth-order valence-electron chi connectivity index (χ4n) is 7.71. The monoisotopic (exact) mass is 951 g/mol. The molecule has 2 aromatic heterocycles. The summed E-state index contributed by atoms with van der Waals surface area (Å²) in [6, 6.07) is 8.71. The van der Waals surface area contributed by atoms with Crippen LogP contribution in [0.25, 0.3) is 0 Å². The lowest BCUT2D eigenvalue weighted by Gasteiger charge is -2.05. The minimum Gasteiger partial charge on any atom is -1.00 e. The van der Waals surface area contributed by atoms with Crippen molar-refractivity contribution in [1.29, 1.82) is 0 Å². The summed E-state index contributed by atoms with van der Waals surface area (Å²) in [5.74, 6) is -0.127. The molecule has 0 bridgehead atoms. The van der Waals surface area contributed by atoms with Crippen LogP contribution in [0.4, 0.5) is 0 Å². The summed E-state index contributed by atoms with van der Waals surface area (Å²) in [4.78, 5) is 24.4. The third-order valence-corrected chi connectivity index (χ3v) is 11.5. The van der Waals surface area contributed by atoms with E-state index in [2.05, 4.69) is 72.0 Å². The molecule has 0 aromatic carbocycles. The van der Waals surface area contributed by atoms with Gasteiger partial charge in [0.15, 0.2) is 51.1 Å². The van der Waals surface area contributed by atoms with Crippen molar-refractivity contribution in [3.63, 3.8) is 0 Å². The van der Waals surface area contributed by atoms with E-state index in [9.17, 15) is 9.59 Å². The number of pyridine rings is 2. The Balaban J connectivity index is 0.0000168. The van der Waals surface area contributed by atoms with Crippen LogP contribution in [0, 0.1) is 0 Å². The van der Waals surface area contributed by atoms with Crippen molar-refractivity contribution in [2.75, 3.05) is 13.2 Å². The number of unbranched alkanes of at least 4 members (excludes halogenated alkanes) is 26. The Kier molecular flexibility index (Phi) is 41.6. The van der Waals surface area contributed by atoms with E-state index in [1.54, 1.807) is 0 Å². The summed E-state index contributed by atoms with van der Waals surface area (Å²) < 4.78 is 15.2.